The summed E-state index contributed by atoms with van der Waals surface area (Å²) in [5.74, 6) is 1.53. The lowest BCUT2D eigenvalue weighted by atomic mass is 9.77. The van der Waals surface area contributed by atoms with Crippen molar-refractivity contribution in [3.05, 3.63) is 131 Å². The Bertz CT molecular complexity index is 1020. The van der Waals surface area contributed by atoms with Crippen molar-refractivity contribution in [3.8, 4) is 11.5 Å². The Kier molecular flexibility index (Phi) is 6.88. The fourth-order valence-corrected chi connectivity index (χ4v) is 4.45. The average molecular weight is 425 g/mol. The zero-order valence-electron chi connectivity index (χ0n) is 18.7. The van der Waals surface area contributed by atoms with E-state index in [0.717, 1.165) is 24.5 Å². The second kappa shape index (κ2) is 10.2. The van der Waals surface area contributed by atoms with Gasteiger partial charge in [0.25, 0.3) is 0 Å². The van der Waals surface area contributed by atoms with Gasteiger partial charge in [0.05, 0.1) is 20.8 Å². The first-order chi connectivity index (χ1) is 15.8. The third kappa shape index (κ3) is 4.39. The number of ether oxygens (including phenoxy) is 2. The summed E-state index contributed by atoms with van der Waals surface area (Å²) in [6, 6.07) is 38.5. The van der Waals surface area contributed by atoms with Crippen molar-refractivity contribution in [1.82, 2.24) is 0 Å². The molecule has 0 heterocycles. The standard InChI is InChI=1S/C29H29NO2/c1-31-27-19-18-23(22-28(27)32-2)20-21-30-29(24-12-6-3-7-13-24,25-14-8-4-9-15-25)26-16-10-5-11-17-26/h3-19,22,30H,20-21H2,1-2H3/p+1. The summed E-state index contributed by atoms with van der Waals surface area (Å²) in [6.07, 6.45) is 0.911. The molecule has 0 saturated heterocycles. The van der Waals surface area contributed by atoms with Gasteiger partial charge in [0.1, 0.15) is 0 Å². The van der Waals surface area contributed by atoms with Crippen LogP contribution in [0.5, 0.6) is 11.5 Å². The van der Waals surface area contributed by atoms with E-state index in [1.165, 1.54) is 22.3 Å². The molecule has 2 N–H and O–H groups in total. The van der Waals surface area contributed by atoms with Crippen LogP contribution in [-0.4, -0.2) is 20.8 Å². The van der Waals surface area contributed by atoms with Crippen molar-refractivity contribution in [1.29, 1.82) is 0 Å². The van der Waals surface area contributed by atoms with Gasteiger partial charge in [0.2, 0.25) is 0 Å². The van der Waals surface area contributed by atoms with Crippen molar-refractivity contribution in [2.24, 2.45) is 0 Å². The first kappa shape index (κ1) is 21.7. The third-order valence-electron chi connectivity index (χ3n) is 6.02. The molecule has 4 aromatic carbocycles. The highest BCUT2D eigenvalue weighted by molar-refractivity contribution is 5.46. The SMILES string of the molecule is COc1ccc(CC[NH2+]C(c2ccccc2)(c2ccccc2)c2ccccc2)cc1OC. The second-order valence-corrected chi connectivity index (χ2v) is 7.84. The molecular weight excluding hydrogens is 394 g/mol. The fraction of sp³-hybridized carbons (Fsp3) is 0.172. The Labute approximate surface area is 190 Å². The van der Waals surface area contributed by atoms with Gasteiger partial charge in [-0.15, -0.1) is 0 Å². The molecule has 3 nitrogen and oxygen atoms in total. The number of hydrogen-bond donors (Lipinski definition) is 1. The first-order valence-corrected chi connectivity index (χ1v) is 11.0. The van der Waals surface area contributed by atoms with Gasteiger partial charge >= 0.3 is 0 Å². The second-order valence-electron chi connectivity index (χ2n) is 7.84. The number of rotatable bonds is 9. The maximum absolute atomic E-state index is 5.50. The summed E-state index contributed by atoms with van der Waals surface area (Å²) in [7, 11) is 3.35. The summed E-state index contributed by atoms with van der Waals surface area (Å²) in [6.45, 7) is 0.911. The van der Waals surface area contributed by atoms with Crippen molar-refractivity contribution < 1.29 is 14.8 Å². The number of hydrogen-bond acceptors (Lipinski definition) is 2. The molecular formula is C29H30NO2+. The van der Waals surface area contributed by atoms with Crippen molar-refractivity contribution >= 4 is 0 Å². The van der Waals surface area contributed by atoms with Crippen LogP contribution in [0.3, 0.4) is 0 Å². The number of nitrogens with two attached hydrogens (primary N) is 1. The van der Waals surface area contributed by atoms with Crippen LogP contribution in [0.15, 0.2) is 109 Å². The van der Waals surface area contributed by atoms with E-state index in [0.29, 0.717) is 0 Å². The Balaban J connectivity index is 1.72. The molecule has 0 aromatic heterocycles. The summed E-state index contributed by atoms with van der Waals surface area (Å²) in [5.41, 5.74) is 4.70. The lowest BCUT2D eigenvalue weighted by molar-refractivity contribution is -0.716. The van der Waals surface area contributed by atoms with E-state index >= 15 is 0 Å². The molecule has 0 amide bonds. The van der Waals surface area contributed by atoms with E-state index in [1.807, 2.05) is 6.07 Å². The predicted octanol–water partition coefficient (Wildman–Crippen LogP) is 4.80. The number of benzene rings is 4. The molecule has 0 aliphatic rings. The minimum atomic E-state index is -0.333. The molecule has 32 heavy (non-hydrogen) atoms. The Morgan fingerprint density at radius 1 is 0.594 bits per heavy atom. The highest BCUT2D eigenvalue weighted by Crippen LogP contribution is 2.33. The zero-order valence-corrected chi connectivity index (χ0v) is 18.7. The molecule has 3 heteroatoms. The molecule has 0 fully saturated rings. The molecule has 0 atom stereocenters. The normalized spacial score (nSPS) is 11.2. The van der Waals surface area contributed by atoms with E-state index in [-0.39, 0.29) is 5.54 Å². The number of quaternary nitrogens is 1. The van der Waals surface area contributed by atoms with E-state index in [2.05, 4.69) is 108 Å². The molecule has 0 aliphatic carbocycles. The molecule has 0 aliphatic heterocycles. The first-order valence-electron chi connectivity index (χ1n) is 11.0. The van der Waals surface area contributed by atoms with Crippen molar-refractivity contribution in [3.63, 3.8) is 0 Å². The van der Waals surface area contributed by atoms with Crippen molar-refractivity contribution in [2.75, 3.05) is 20.8 Å². The van der Waals surface area contributed by atoms with E-state index in [1.54, 1.807) is 14.2 Å². The molecule has 0 radical (unpaired) electrons. The summed E-state index contributed by atoms with van der Waals surface area (Å²) in [4.78, 5) is 0. The average Bonchev–Trinajstić information content (AvgIpc) is 2.88. The maximum Gasteiger partial charge on any atom is 0.173 e. The largest absolute Gasteiger partial charge is 0.493 e. The predicted molar refractivity (Wildman–Crippen MR) is 129 cm³/mol. The molecule has 0 unspecified atom stereocenters. The number of methoxy groups -OCH3 is 2. The van der Waals surface area contributed by atoms with Crippen LogP contribution in [0, 0.1) is 0 Å². The summed E-state index contributed by atoms with van der Waals surface area (Å²) in [5, 5.41) is 2.46. The van der Waals surface area contributed by atoms with Crippen LogP contribution >= 0.6 is 0 Å². The molecule has 0 bridgehead atoms. The third-order valence-corrected chi connectivity index (χ3v) is 6.02. The summed E-state index contributed by atoms with van der Waals surface area (Å²) >= 11 is 0. The van der Waals surface area contributed by atoms with Gasteiger partial charge in [0, 0.05) is 23.1 Å². The monoisotopic (exact) mass is 424 g/mol. The Hall–Kier alpha value is -3.56. The van der Waals surface area contributed by atoms with Gasteiger partial charge in [-0.05, 0) is 17.7 Å². The molecule has 162 valence electrons. The van der Waals surface area contributed by atoms with E-state index in [9.17, 15) is 0 Å². The van der Waals surface area contributed by atoms with E-state index < -0.39 is 0 Å². The van der Waals surface area contributed by atoms with Crippen LogP contribution in [0.25, 0.3) is 0 Å². The lowest BCUT2D eigenvalue weighted by Gasteiger charge is -2.33. The molecule has 4 rings (SSSR count). The van der Waals surface area contributed by atoms with Gasteiger partial charge in [-0.2, -0.15) is 0 Å². The lowest BCUT2D eigenvalue weighted by Crippen LogP contribution is -2.96. The van der Waals surface area contributed by atoms with Crippen LogP contribution in [-0.2, 0) is 12.0 Å². The molecule has 0 spiro atoms. The van der Waals surface area contributed by atoms with Gasteiger partial charge in [0.15, 0.2) is 17.0 Å². The topological polar surface area (TPSA) is 35.1 Å². The van der Waals surface area contributed by atoms with Gasteiger partial charge in [-0.1, -0.05) is 97.1 Å². The van der Waals surface area contributed by atoms with Crippen LogP contribution < -0.4 is 14.8 Å². The minimum Gasteiger partial charge on any atom is -0.493 e. The minimum absolute atomic E-state index is 0.333. The van der Waals surface area contributed by atoms with Gasteiger partial charge < -0.3 is 14.8 Å². The van der Waals surface area contributed by atoms with Gasteiger partial charge in [-0.25, -0.2) is 0 Å². The van der Waals surface area contributed by atoms with Gasteiger partial charge in [-0.3, -0.25) is 0 Å². The smallest absolute Gasteiger partial charge is 0.173 e. The zero-order chi connectivity index (χ0) is 22.2. The summed E-state index contributed by atoms with van der Waals surface area (Å²) < 4.78 is 10.9. The van der Waals surface area contributed by atoms with E-state index in [4.69, 9.17) is 9.47 Å². The highest BCUT2D eigenvalue weighted by Gasteiger charge is 2.39. The highest BCUT2D eigenvalue weighted by atomic mass is 16.5. The van der Waals surface area contributed by atoms with Crippen molar-refractivity contribution in [2.45, 2.75) is 12.0 Å². The maximum atomic E-state index is 5.50. The van der Waals surface area contributed by atoms with Crippen LogP contribution in [0.4, 0.5) is 0 Å². The Morgan fingerprint density at radius 2 is 1.06 bits per heavy atom. The van der Waals surface area contributed by atoms with Crippen LogP contribution in [0.1, 0.15) is 22.3 Å². The van der Waals surface area contributed by atoms with Crippen LogP contribution in [0.2, 0.25) is 0 Å². The fourth-order valence-electron chi connectivity index (χ4n) is 4.45. The molecule has 0 saturated carbocycles. The molecule has 4 aromatic rings. The Morgan fingerprint density at radius 3 is 1.50 bits per heavy atom. The quantitative estimate of drug-likeness (QED) is 0.392.